The van der Waals surface area contributed by atoms with E-state index in [2.05, 4.69) is 5.32 Å². The first-order chi connectivity index (χ1) is 8.63. The number of carbonyl (C=O) groups excluding carboxylic acids is 1. The molecule has 0 spiro atoms. The number of ether oxygens (including phenoxy) is 1. The lowest BCUT2D eigenvalue weighted by Crippen LogP contribution is -2.48. The fourth-order valence-corrected chi connectivity index (χ4v) is 2.48. The smallest absolute Gasteiger partial charge is 0.310 e. The Kier molecular flexibility index (Phi) is 3.84. The van der Waals surface area contributed by atoms with Crippen LogP contribution in [0.15, 0.2) is 24.3 Å². The minimum atomic E-state index is -0.676. The molecular weight excluding hydrogens is 234 g/mol. The highest BCUT2D eigenvalue weighted by Gasteiger charge is 2.38. The summed E-state index contributed by atoms with van der Waals surface area (Å²) in [6.07, 6.45) is -0.676. The normalized spacial score (nSPS) is 27.8. The Morgan fingerprint density at radius 1 is 1.44 bits per heavy atom. The van der Waals surface area contributed by atoms with Crippen LogP contribution in [0.5, 0.6) is 5.75 Å². The van der Waals surface area contributed by atoms with Crippen LogP contribution in [0.1, 0.15) is 11.5 Å². The molecule has 1 aliphatic rings. The zero-order valence-electron chi connectivity index (χ0n) is 10.2. The predicted octanol–water partition coefficient (Wildman–Crippen LogP) is 0.229. The number of piperidine rings is 1. The summed E-state index contributed by atoms with van der Waals surface area (Å²) in [5, 5.41) is 22.6. The maximum atomic E-state index is 11.7. The number of aliphatic hydroxyl groups is 1. The summed E-state index contributed by atoms with van der Waals surface area (Å²) in [5.74, 6) is -1.03. The van der Waals surface area contributed by atoms with Crippen molar-refractivity contribution in [2.24, 2.45) is 5.92 Å². The minimum absolute atomic E-state index is 0.127. The molecule has 0 aromatic heterocycles. The zero-order valence-corrected chi connectivity index (χ0v) is 10.2. The van der Waals surface area contributed by atoms with Crippen LogP contribution in [0.3, 0.4) is 0 Å². The van der Waals surface area contributed by atoms with Crippen molar-refractivity contribution in [3.8, 4) is 5.75 Å². The minimum Gasteiger partial charge on any atom is -0.508 e. The molecular formula is C13H17NO4. The molecule has 1 aliphatic heterocycles. The van der Waals surface area contributed by atoms with Crippen molar-refractivity contribution in [3.63, 3.8) is 0 Å². The molecule has 0 bridgehead atoms. The van der Waals surface area contributed by atoms with E-state index in [-0.39, 0.29) is 17.6 Å². The highest BCUT2D eigenvalue weighted by Crippen LogP contribution is 2.32. The summed E-state index contributed by atoms with van der Waals surface area (Å²) in [5.41, 5.74) is 0.749. The SMILES string of the molecule is COC(=O)[C@H]1CNC[C@@H](O)[C@@H]1c1cccc(O)c1. The number of rotatable bonds is 2. The van der Waals surface area contributed by atoms with Crippen molar-refractivity contribution >= 4 is 5.97 Å². The Morgan fingerprint density at radius 2 is 2.22 bits per heavy atom. The van der Waals surface area contributed by atoms with Crippen LogP contribution in [0, 0.1) is 5.92 Å². The lowest BCUT2D eigenvalue weighted by molar-refractivity contribution is -0.148. The number of carbonyl (C=O) groups is 1. The van der Waals surface area contributed by atoms with Crippen molar-refractivity contribution in [3.05, 3.63) is 29.8 Å². The number of phenols is 1. The highest BCUT2D eigenvalue weighted by atomic mass is 16.5. The van der Waals surface area contributed by atoms with Gasteiger partial charge in [0.15, 0.2) is 0 Å². The summed E-state index contributed by atoms with van der Waals surface area (Å²) in [4.78, 5) is 11.7. The number of aliphatic hydroxyl groups excluding tert-OH is 1. The van der Waals surface area contributed by atoms with Crippen molar-refractivity contribution in [1.82, 2.24) is 5.32 Å². The molecule has 3 atom stereocenters. The number of β-amino-alcohol motifs (C(OH)–C–C–N with tert-alkyl or cyclic N) is 1. The van der Waals surface area contributed by atoms with Gasteiger partial charge in [0.1, 0.15) is 5.75 Å². The van der Waals surface area contributed by atoms with Gasteiger partial charge in [-0.2, -0.15) is 0 Å². The van der Waals surface area contributed by atoms with Gasteiger partial charge in [0, 0.05) is 19.0 Å². The van der Waals surface area contributed by atoms with E-state index in [1.165, 1.54) is 7.11 Å². The molecule has 0 saturated carbocycles. The van der Waals surface area contributed by atoms with E-state index in [9.17, 15) is 15.0 Å². The highest BCUT2D eigenvalue weighted by molar-refractivity contribution is 5.74. The van der Waals surface area contributed by atoms with Crippen molar-refractivity contribution in [1.29, 1.82) is 0 Å². The molecule has 5 nitrogen and oxygen atoms in total. The molecule has 5 heteroatoms. The maximum absolute atomic E-state index is 11.7. The average Bonchev–Trinajstić information content (AvgIpc) is 2.37. The Bertz CT molecular complexity index is 435. The Hall–Kier alpha value is -1.59. The number of hydrogen-bond donors (Lipinski definition) is 3. The summed E-state index contributed by atoms with van der Waals surface area (Å²) in [6.45, 7) is 0.887. The fraction of sp³-hybridized carbons (Fsp3) is 0.462. The van der Waals surface area contributed by atoms with E-state index in [0.29, 0.717) is 13.1 Å². The first-order valence-corrected chi connectivity index (χ1v) is 5.89. The third kappa shape index (κ3) is 2.47. The van der Waals surface area contributed by atoms with Gasteiger partial charge in [0.25, 0.3) is 0 Å². The van der Waals surface area contributed by atoms with Gasteiger partial charge in [-0.25, -0.2) is 0 Å². The number of benzene rings is 1. The molecule has 0 amide bonds. The quantitative estimate of drug-likeness (QED) is 0.656. The number of hydrogen-bond acceptors (Lipinski definition) is 5. The summed E-state index contributed by atoms with van der Waals surface area (Å²) in [7, 11) is 1.34. The number of esters is 1. The average molecular weight is 251 g/mol. The number of nitrogens with one attached hydrogen (secondary N) is 1. The van der Waals surface area contributed by atoms with Crippen molar-refractivity contribution in [2.45, 2.75) is 12.0 Å². The Morgan fingerprint density at radius 3 is 2.89 bits per heavy atom. The van der Waals surface area contributed by atoms with E-state index in [4.69, 9.17) is 4.74 Å². The second-order valence-electron chi connectivity index (χ2n) is 4.48. The molecule has 2 rings (SSSR count). The van der Waals surface area contributed by atoms with Gasteiger partial charge in [-0.3, -0.25) is 4.79 Å². The molecule has 1 aromatic rings. The number of phenolic OH excluding ortho intramolecular Hbond substituents is 1. The molecule has 1 heterocycles. The van der Waals surface area contributed by atoms with Gasteiger partial charge < -0.3 is 20.3 Å². The topological polar surface area (TPSA) is 78.8 Å². The maximum Gasteiger partial charge on any atom is 0.310 e. The summed E-state index contributed by atoms with van der Waals surface area (Å²) < 4.78 is 4.77. The van der Waals surface area contributed by atoms with E-state index in [0.717, 1.165) is 5.56 Å². The van der Waals surface area contributed by atoms with E-state index in [1.54, 1.807) is 24.3 Å². The van der Waals surface area contributed by atoms with E-state index >= 15 is 0 Å². The second-order valence-corrected chi connectivity index (χ2v) is 4.48. The van der Waals surface area contributed by atoms with Crippen LogP contribution in [0.25, 0.3) is 0 Å². The summed E-state index contributed by atoms with van der Waals surface area (Å²) >= 11 is 0. The first-order valence-electron chi connectivity index (χ1n) is 5.89. The zero-order chi connectivity index (χ0) is 13.1. The van der Waals surface area contributed by atoms with Crippen molar-refractivity contribution in [2.75, 3.05) is 20.2 Å². The van der Waals surface area contributed by atoms with Crippen LogP contribution >= 0.6 is 0 Å². The molecule has 3 N–H and O–H groups in total. The van der Waals surface area contributed by atoms with Gasteiger partial charge in [0.2, 0.25) is 0 Å². The van der Waals surface area contributed by atoms with Crippen LogP contribution in [0.2, 0.25) is 0 Å². The molecule has 0 radical (unpaired) electrons. The molecule has 1 fully saturated rings. The monoisotopic (exact) mass is 251 g/mol. The Balaban J connectivity index is 2.32. The molecule has 1 aromatic carbocycles. The summed E-state index contributed by atoms with van der Waals surface area (Å²) in [6, 6.07) is 6.64. The van der Waals surface area contributed by atoms with Crippen molar-refractivity contribution < 1.29 is 19.7 Å². The van der Waals surface area contributed by atoms with E-state index < -0.39 is 12.0 Å². The van der Waals surface area contributed by atoms with Crippen LogP contribution in [-0.2, 0) is 9.53 Å². The molecule has 0 unspecified atom stereocenters. The van der Waals surface area contributed by atoms with Gasteiger partial charge in [0.05, 0.1) is 19.1 Å². The lowest BCUT2D eigenvalue weighted by atomic mass is 9.79. The van der Waals surface area contributed by atoms with Crippen LogP contribution in [-0.4, -0.2) is 42.5 Å². The van der Waals surface area contributed by atoms with Gasteiger partial charge in [-0.05, 0) is 17.7 Å². The third-order valence-corrected chi connectivity index (χ3v) is 3.32. The molecule has 0 aliphatic carbocycles. The molecule has 1 saturated heterocycles. The number of aromatic hydroxyl groups is 1. The van der Waals surface area contributed by atoms with E-state index in [1.807, 2.05) is 0 Å². The second kappa shape index (κ2) is 5.37. The van der Waals surface area contributed by atoms with Gasteiger partial charge >= 0.3 is 5.97 Å². The third-order valence-electron chi connectivity index (χ3n) is 3.32. The Labute approximate surface area is 105 Å². The van der Waals surface area contributed by atoms with Crippen LogP contribution < -0.4 is 5.32 Å². The first kappa shape index (κ1) is 12.9. The lowest BCUT2D eigenvalue weighted by Gasteiger charge is -2.34. The number of methoxy groups -OCH3 is 1. The predicted molar refractivity (Wildman–Crippen MR) is 65.2 cm³/mol. The standard InChI is InChI=1S/C13H17NO4/c1-18-13(17)10-6-14-7-11(16)12(10)8-3-2-4-9(15)5-8/h2-5,10-12,14-16H,6-7H2,1H3/t10-,11+,12+/m0/s1. The molecule has 98 valence electrons. The van der Waals surface area contributed by atoms with Gasteiger partial charge in [-0.15, -0.1) is 0 Å². The molecule has 18 heavy (non-hydrogen) atoms. The fourth-order valence-electron chi connectivity index (χ4n) is 2.48. The largest absolute Gasteiger partial charge is 0.508 e. The van der Waals surface area contributed by atoms with Crippen LogP contribution in [0.4, 0.5) is 0 Å². The van der Waals surface area contributed by atoms with Gasteiger partial charge in [-0.1, -0.05) is 12.1 Å².